The Morgan fingerprint density at radius 1 is 1.25 bits per heavy atom. The van der Waals surface area contributed by atoms with E-state index < -0.39 is 17.8 Å². The first-order chi connectivity index (χ1) is 7.61. The fourth-order valence-electron chi connectivity index (χ4n) is 1.44. The van der Waals surface area contributed by atoms with Gasteiger partial charge in [0.15, 0.2) is 0 Å². The van der Waals surface area contributed by atoms with Crippen molar-refractivity contribution in [1.29, 1.82) is 0 Å². The molecule has 0 unspecified atom stereocenters. The minimum absolute atomic E-state index is 0.00579. The van der Waals surface area contributed by atoms with Crippen LogP contribution in [0.3, 0.4) is 0 Å². The Kier molecular flexibility index (Phi) is 2.55. The van der Waals surface area contributed by atoms with Crippen LogP contribution in [0.25, 0.3) is 11.1 Å². The highest BCUT2D eigenvalue weighted by atomic mass is 19.3. The summed E-state index contributed by atoms with van der Waals surface area (Å²) >= 11 is 0. The molecule has 0 spiro atoms. The van der Waals surface area contributed by atoms with E-state index in [0.29, 0.717) is 0 Å². The van der Waals surface area contributed by atoms with Gasteiger partial charge >= 0.3 is 0 Å². The molecule has 0 saturated carbocycles. The van der Waals surface area contributed by atoms with Crippen molar-refractivity contribution in [3.63, 3.8) is 0 Å². The Hall–Kier alpha value is -1.98. The van der Waals surface area contributed by atoms with Crippen LogP contribution in [0.4, 0.5) is 19.1 Å². The van der Waals surface area contributed by atoms with Gasteiger partial charge in [-0.15, -0.1) is 0 Å². The Labute approximate surface area is 88.7 Å². The zero-order valence-corrected chi connectivity index (χ0v) is 7.95. The molecule has 0 aliphatic carbocycles. The number of nitrogen functional groups attached to an aromatic ring is 1. The van der Waals surface area contributed by atoms with Gasteiger partial charge in [-0.3, -0.25) is 0 Å². The number of rotatable bonds is 2. The molecule has 2 rings (SSSR count). The molecule has 0 saturated heterocycles. The second kappa shape index (κ2) is 3.88. The molecular weight excluding hydrogens is 221 g/mol. The monoisotopic (exact) mass is 228 g/mol. The first-order valence-corrected chi connectivity index (χ1v) is 4.38. The molecule has 6 heteroatoms. The molecule has 16 heavy (non-hydrogen) atoms. The van der Waals surface area contributed by atoms with Crippen molar-refractivity contribution in [2.24, 2.45) is 0 Å². The van der Waals surface area contributed by atoms with Gasteiger partial charge in [-0.1, -0.05) is 17.3 Å². The van der Waals surface area contributed by atoms with Crippen molar-refractivity contribution in [2.75, 3.05) is 5.73 Å². The summed E-state index contributed by atoms with van der Waals surface area (Å²) in [4.78, 5) is 0. The standard InChI is InChI=1S/C10H7F3N2O/c11-7-3-1-2-5(8(7)9(12)13)6-4-15-16-10(6)14/h1-4,9H,14H2. The predicted octanol–water partition coefficient (Wildman–Crippen LogP) is 3.00. The van der Waals surface area contributed by atoms with E-state index in [4.69, 9.17) is 5.73 Å². The van der Waals surface area contributed by atoms with Crippen molar-refractivity contribution >= 4 is 5.88 Å². The lowest BCUT2D eigenvalue weighted by atomic mass is 10.0. The van der Waals surface area contributed by atoms with Crippen LogP contribution >= 0.6 is 0 Å². The normalized spacial score (nSPS) is 11.0. The Morgan fingerprint density at radius 3 is 2.56 bits per heavy atom. The summed E-state index contributed by atoms with van der Waals surface area (Å²) in [6, 6.07) is 3.63. The zero-order valence-electron chi connectivity index (χ0n) is 7.95. The number of alkyl halides is 2. The Bertz CT molecular complexity index is 511. The molecule has 1 heterocycles. The molecule has 0 radical (unpaired) electrons. The minimum atomic E-state index is -2.93. The van der Waals surface area contributed by atoms with E-state index >= 15 is 0 Å². The van der Waals surface area contributed by atoms with E-state index in [9.17, 15) is 13.2 Å². The van der Waals surface area contributed by atoms with Crippen molar-refractivity contribution in [1.82, 2.24) is 5.16 Å². The van der Waals surface area contributed by atoms with Gasteiger partial charge in [0, 0.05) is 5.56 Å². The maximum Gasteiger partial charge on any atom is 0.267 e. The van der Waals surface area contributed by atoms with Crippen LogP contribution in [0.1, 0.15) is 12.0 Å². The summed E-state index contributed by atoms with van der Waals surface area (Å²) in [5.41, 5.74) is 4.85. The van der Waals surface area contributed by atoms with Crippen molar-refractivity contribution in [3.05, 3.63) is 35.8 Å². The molecule has 1 aromatic heterocycles. The molecule has 2 aromatic rings. The number of nitrogens with zero attached hydrogens (tertiary/aromatic N) is 1. The molecular formula is C10H7F3N2O. The largest absolute Gasteiger partial charge is 0.367 e. The summed E-state index contributed by atoms with van der Waals surface area (Å²) < 4.78 is 43.2. The van der Waals surface area contributed by atoms with E-state index in [-0.39, 0.29) is 17.0 Å². The third kappa shape index (κ3) is 1.62. The van der Waals surface area contributed by atoms with E-state index in [2.05, 4.69) is 9.68 Å². The highest BCUT2D eigenvalue weighted by Crippen LogP contribution is 2.35. The second-order valence-corrected chi connectivity index (χ2v) is 3.11. The molecule has 2 N–H and O–H groups in total. The first kappa shape index (κ1) is 10.5. The van der Waals surface area contributed by atoms with Crippen LogP contribution < -0.4 is 5.73 Å². The van der Waals surface area contributed by atoms with E-state index in [1.165, 1.54) is 18.3 Å². The minimum Gasteiger partial charge on any atom is -0.367 e. The van der Waals surface area contributed by atoms with Crippen LogP contribution in [0.2, 0.25) is 0 Å². The third-order valence-corrected chi connectivity index (χ3v) is 2.16. The molecule has 3 nitrogen and oxygen atoms in total. The van der Waals surface area contributed by atoms with Gasteiger partial charge in [0.2, 0.25) is 5.88 Å². The van der Waals surface area contributed by atoms with Gasteiger partial charge in [0.25, 0.3) is 6.43 Å². The highest BCUT2D eigenvalue weighted by molar-refractivity contribution is 5.74. The number of halogens is 3. The number of nitrogens with two attached hydrogens (primary N) is 1. The van der Waals surface area contributed by atoms with Gasteiger partial charge in [0.05, 0.1) is 17.3 Å². The summed E-state index contributed by atoms with van der Waals surface area (Å²) in [5.74, 6) is -1.10. The van der Waals surface area contributed by atoms with Crippen LogP contribution in [0.15, 0.2) is 28.9 Å². The molecule has 0 amide bonds. The van der Waals surface area contributed by atoms with Gasteiger partial charge < -0.3 is 10.3 Å². The van der Waals surface area contributed by atoms with Gasteiger partial charge in [-0.2, -0.15) is 0 Å². The van der Waals surface area contributed by atoms with Crippen molar-refractivity contribution in [2.45, 2.75) is 6.43 Å². The number of hydrogen-bond acceptors (Lipinski definition) is 3. The maximum absolute atomic E-state index is 13.3. The van der Waals surface area contributed by atoms with E-state index in [1.54, 1.807) is 0 Å². The number of benzene rings is 1. The fraction of sp³-hybridized carbons (Fsp3) is 0.100. The maximum atomic E-state index is 13.3. The van der Waals surface area contributed by atoms with Gasteiger partial charge in [-0.05, 0) is 6.07 Å². The van der Waals surface area contributed by atoms with E-state index in [1.807, 2.05) is 0 Å². The first-order valence-electron chi connectivity index (χ1n) is 4.38. The molecule has 0 aliphatic rings. The average molecular weight is 228 g/mol. The van der Waals surface area contributed by atoms with Crippen LogP contribution in [0.5, 0.6) is 0 Å². The van der Waals surface area contributed by atoms with E-state index in [0.717, 1.165) is 6.07 Å². The van der Waals surface area contributed by atoms with Gasteiger partial charge in [-0.25, -0.2) is 13.2 Å². The molecule has 0 aliphatic heterocycles. The van der Waals surface area contributed by atoms with Crippen molar-refractivity contribution < 1.29 is 17.7 Å². The summed E-state index contributed by atoms with van der Waals surface area (Å²) in [6.07, 6.45) is -1.75. The lowest BCUT2D eigenvalue weighted by Gasteiger charge is -2.07. The Balaban J connectivity index is 2.66. The van der Waals surface area contributed by atoms with Crippen molar-refractivity contribution in [3.8, 4) is 11.1 Å². The predicted molar refractivity (Wildman–Crippen MR) is 51.3 cm³/mol. The summed E-state index contributed by atoms with van der Waals surface area (Å²) in [6.45, 7) is 0. The van der Waals surface area contributed by atoms with Crippen LogP contribution in [-0.2, 0) is 0 Å². The lowest BCUT2D eigenvalue weighted by molar-refractivity contribution is 0.147. The summed E-state index contributed by atoms with van der Waals surface area (Å²) in [7, 11) is 0. The molecule has 0 fully saturated rings. The molecule has 0 bridgehead atoms. The smallest absolute Gasteiger partial charge is 0.267 e. The number of hydrogen-bond donors (Lipinski definition) is 1. The van der Waals surface area contributed by atoms with Gasteiger partial charge in [0.1, 0.15) is 5.82 Å². The molecule has 1 aromatic carbocycles. The van der Waals surface area contributed by atoms with Crippen LogP contribution in [-0.4, -0.2) is 5.16 Å². The number of anilines is 1. The second-order valence-electron chi connectivity index (χ2n) is 3.11. The lowest BCUT2D eigenvalue weighted by Crippen LogP contribution is -1.96. The van der Waals surface area contributed by atoms with Crippen LogP contribution in [0, 0.1) is 5.82 Å². The Morgan fingerprint density at radius 2 is 2.00 bits per heavy atom. The third-order valence-electron chi connectivity index (χ3n) is 2.16. The summed E-state index contributed by atoms with van der Waals surface area (Å²) in [5, 5.41) is 3.36. The quantitative estimate of drug-likeness (QED) is 0.859. The fourth-order valence-corrected chi connectivity index (χ4v) is 1.44. The number of aromatic nitrogens is 1. The molecule has 84 valence electrons. The molecule has 0 atom stereocenters. The highest BCUT2D eigenvalue weighted by Gasteiger charge is 2.21. The average Bonchev–Trinajstić information content (AvgIpc) is 2.63. The zero-order chi connectivity index (χ0) is 11.7. The SMILES string of the molecule is Nc1oncc1-c1cccc(F)c1C(F)F. The topological polar surface area (TPSA) is 52.0 Å².